The van der Waals surface area contributed by atoms with Crippen molar-refractivity contribution >= 4 is 17.3 Å². The first-order valence-corrected chi connectivity index (χ1v) is 6.17. The number of carbonyl (C=O) groups is 1. The number of hydrogen-bond donors (Lipinski definition) is 3. The van der Waals surface area contributed by atoms with E-state index in [4.69, 9.17) is 16.2 Å². The van der Waals surface area contributed by atoms with Crippen LogP contribution in [-0.2, 0) is 6.54 Å². The second kappa shape index (κ2) is 5.97. The Morgan fingerprint density at radius 1 is 1.25 bits per heavy atom. The Balaban J connectivity index is 2.13. The van der Waals surface area contributed by atoms with E-state index >= 15 is 0 Å². The fraction of sp³-hybridized carbons (Fsp3) is 0.133. The molecule has 20 heavy (non-hydrogen) atoms. The number of primary amides is 1. The summed E-state index contributed by atoms with van der Waals surface area (Å²) in [6.45, 7) is 0.574. The minimum absolute atomic E-state index is 0.394. The summed E-state index contributed by atoms with van der Waals surface area (Å²) in [5.41, 5.74) is 13.7. The predicted octanol–water partition coefficient (Wildman–Crippen LogP) is 1.99. The van der Waals surface area contributed by atoms with E-state index in [1.54, 1.807) is 25.3 Å². The van der Waals surface area contributed by atoms with Crippen LogP contribution in [0.3, 0.4) is 0 Å². The predicted molar refractivity (Wildman–Crippen MR) is 79.7 cm³/mol. The molecule has 0 heterocycles. The monoisotopic (exact) mass is 271 g/mol. The van der Waals surface area contributed by atoms with Crippen LogP contribution in [0.15, 0.2) is 42.5 Å². The zero-order valence-corrected chi connectivity index (χ0v) is 11.2. The maximum Gasteiger partial charge on any atom is 0.248 e. The van der Waals surface area contributed by atoms with Gasteiger partial charge in [0.25, 0.3) is 0 Å². The smallest absolute Gasteiger partial charge is 0.248 e. The first-order valence-electron chi connectivity index (χ1n) is 6.17. The van der Waals surface area contributed by atoms with Gasteiger partial charge in [0.2, 0.25) is 5.91 Å². The van der Waals surface area contributed by atoms with Gasteiger partial charge in [0, 0.05) is 17.7 Å². The molecule has 0 unspecified atom stereocenters. The quantitative estimate of drug-likeness (QED) is 0.725. The van der Waals surface area contributed by atoms with Crippen molar-refractivity contribution < 1.29 is 9.53 Å². The third-order valence-electron chi connectivity index (χ3n) is 3.00. The number of rotatable bonds is 5. The summed E-state index contributed by atoms with van der Waals surface area (Å²) in [5.74, 6) is 0.320. The van der Waals surface area contributed by atoms with E-state index in [0.29, 0.717) is 17.8 Å². The van der Waals surface area contributed by atoms with Crippen LogP contribution in [0.5, 0.6) is 5.75 Å². The van der Waals surface area contributed by atoms with Gasteiger partial charge in [-0.25, -0.2) is 0 Å². The lowest BCUT2D eigenvalue weighted by molar-refractivity contribution is 0.100. The molecular weight excluding hydrogens is 254 g/mol. The van der Waals surface area contributed by atoms with Crippen LogP contribution < -0.4 is 21.5 Å². The molecular formula is C15H17N3O2. The molecule has 2 aromatic carbocycles. The maximum absolute atomic E-state index is 11.1. The number of hydrogen-bond acceptors (Lipinski definition) is 4. The van der Waals surface area contributed by atoms with Crippen LogP contribution in [0.25, 0.3) is 0 Å². The lowest BCUT2D eigenvalue weighted by Crippen LogP contribution is -2.12. The molecule has 0 fully saturated rings. The molecule has 1 amide bonds. The van der Waals surface area contributed by atoms with Gasteiger partial charge in [-0.05, 0) is 24.3 Å². The van der Waals surface area contributed by atoms with Crippen molar-refractivity contribution in [2.75, 3.05) is 18.2 Å². The van der Waals surface area contributed by atoms with E-state index in [-0.39, 0.29) is 0 Å². The zero-order valence-electron chi connectivity index (χ0n) is 11.2. The summed E-state index contributed by atoms with van der Waals surface area (Å²) < 4.78 is 5.28. The molecule has 0 bridgehead atoms. The average molecular weight is 271 g/mol. The van der Waals surface area contributed by atoms with Crippen molar-refractivity contribution in [3.8, 4) is 5.75 Å². The molecule has 5 N–H and O–H groups in total. The molecule has 0 atom stereocenters. The molecule has 2 aromatic rings. The maximum atomic E-state index is 11.1. The van der Waals surface area contributed by atoms with Gasteiger partial charge < -0.3 is 21.5 Å². The fourth-order valence-electron chi connectivity index (χ4n) is 1.92. The summed E-state index contributed by atoms with van der Waals surface area (Å²) >= 11 is 0. The number of nitrogens with one attached hydrogen (secondary N) is 1. The van der Waals surface area contributed by atoms with Crippen molar-refractivity contribution in [1.29, 1.82) is 0 Å². The molecule has 0 radical (unpaired) electrons. The molecule has 0 aliphatic carbocycles. The van der Waals surface area contributed by atoms with Gasteiger partial charge in [0.15, 0.2) is 0 Å². The minimum Gasteiger partial charge on any atom is -0.496 e. The van der Waals surface area contributed by atoms with E-state index in [1.165, 1.54) is 0 Å². The number of carbonyl (C=O) groups excluding carboxylic acids is 1. The number of para-hydroxylation sites is 1. The normalized spacial score (nSPS) is 10.1. The van der Waals surface area contributed by atoms with Gasteiger partial charge in [-0.2, -0.15) is 0 Å². The van der Waals surface area contributed by atoms with Gasteiger partial charge in [-0.15, -0.1) is 0 Å². The topological polar surface area (TPSA) is 90.4 Å². The van der Waals surface area contributed by atoms with Gasteiger partial charge in [-0.1, -0.05) is 18.2 Å². The lowest BCUT2D eigenvalue weighted by atomic mass is 10.1. The van der Waals surface area contributed by atoms with Crippen LogP contribution in [0.2, 0.25) is 0 Å². The SMILES string of the molecule is COc1ccccc1CNc1ccc(C(N)=O)cc1N. The van der Waals surface area contributed by atoms with Crippen LogP contribution in [0, 0.1) is 0 Å². The summed E-state index contributed by atoms with van der Waals surface area (Å²) in [4.78, 5) is 11.1. The number of benzene rings is 2. The molecule has 5 heteroatoms. The molecule has 0 aliphatic heterocycles. The number of amides is 1. The Morgan fingerprint density at radius 3 is 2.65 bits per heavy atom. The van der Waals surface area contributed by atoms with Gasteiger partial charge in [0.1, 0.15) is 5.75 Å². The Kier molecular flexibility index (Phi) is 4.10. The van der Waals surface area contributed by atoms with E-state index in [2.05, 4.69) is 5.32 Å². The molecule has 0 aliphatic rings. The fourth-order valence-corrected chi connectivity index (χ4v) is 1.92. The highest BCUT2D eigenvalue weighted by atomic mass is 16.5. The highest BCUT2D eigenvalue weighted by molar-refractivity contribution is 5.94. The van der Waals surface area contributed by atoms with Crippen molar-refractivity contribution in [2.45, 2.75) is 6.54 Å². The van der Waals surface area contributed by atoms with Crippen LogP contribution in [0.1, 0.15) is 15.9 Å². The van der Waals surface area contributed by atoms with Crippen LogP contribution >= 0.6 is 0 Å². The first kappa shape index (κ1) is 13.7. The molecule has 104 valence electrons. The minimum atomic E-state index is -0.493. The number of anilines is 2. The number of nitrogen functional groups attached to an aromatic ring is 1. The molecule has 0 saturated carbocycles. The number of nitrogens with two attached hydrogens (primary N) is 2. The third-order valence-corrected chi connectivity index (χ3v) is 3.00. The van der Waals surface area contributed by atoms with Crippen molar-refractivity contribution in [3.63, 3.8) is 0 Å². The van der Waals surface area contributed by atoms with Gasteiger partial charge in [-0.3, -0.25) is 4.79 Å². The molecule has 5 nitrogen and oxygen atoms in total. The van der Waals surface area contributed by atoms with Crippen molar-refractivity contribution in [1.82, 2.24) is 0 Å². The molecule has 0 saturated heterocycles. The summed E-state index contributed by atoms with van der Waals surface area (Å²) in [6.07, 6.45) is 0. The summed E-state index contributed by atoms with van der Waals surface area (Å²) in [7, 11) is 1.63. The van der Waals surface area contributed by atoms with Crippen molar-refractivity contribution in [3.05, 3.63) is 53.6 Å². The third kappa shape index (κ3) is 3.00. The molecule has 0 spiro atoms. The summed E-state index contributed by atoms with van der Waals surface area (Å²) in [6, 6.07) is 12.7. The Labute approximate surface area is 117 Å². The van der Waals surface area contributed by atoms with Crippen LogP contribution in [-0.4, -0.2) is 13.0 Å². The second-order valence-electron chi connectivity index (χ2n) is 4.33. The van der Waals surface area contributed by atoms with E-state index in [1.807, 2.05) is 24.3 Å². The number of methoxy groups -OCH3 is 1. The van der Waals surface area contributed by atoms with Crippen molar-refractivity contribution in [2.24, 2.45) is 5.73 Å². The standard InChI is InChI=1S/C15H17N3O2/c1-20-14-5-3-2-4-11(14)9-18-13-7-6-10(15(17)19)8-12(13)16/h2-8,18H,9,16H2,1H3,(H2,17,19). The second-order valence-corrected chi connectivity index (χ2v) is 4.33. The Bertz CT molecular complexity index is 626. The number of ether oxygens (including phenoxy) is 1. The average Bonchev–Trinajstić information content (AvgIpc) is 2.46. The zero-order chi connectivity index (χ0) is 14.5. The molecule has 0 aromatic heterocycles. The molecule has 2 rings (SSSR count). The van der Waals surface area contributed by atoms with E-state index in [0.717, 1.165) is 17.0 Å². The lowest BCUT2D eigenvalue weighted by Gasteiger charge is -2.12. The van der Waals surface area contributed by atoms with E-state index < -0.39 is 5.91 Å². The van der Waals surface area contributed by atoms with E-state index in [9.17, 15) is 4.79 Å². The summed E-state index contributed by atoms with van der Waals surface area (Å²) in [5, 5.41) is 3.21. The first-order chi connectivity index (χ1) is 9.61. The highest BCUT2D eigenvalue weighted by Crippen LogP contribution is 2.23. The van der Waals surface area contributed by atoms with Gasteiger partial charge >= 0.3 is 0 Å². The van der Waals surface area contributed by atoms with Crippen LogP contribution in [0.4, 0.5) is 11.4 Å². The van der Waals surface area contributed by atoms with Gasteiger partial charge in [0.05, 0.1) is 18.5 Å². The Morgan fingerprint density at radius 2 is 2.00 bits per heavy atom. The Hall–Kier alpha value is -2.69. The largest absolute Gasteiger partial charge is 0.496 e. The highest BCUT2D eigenvalue weighted by Gasteiger charge is 2.06.